The summed E-state index contributed by atoms with van der Waals surface area (Å²) < 4.78 is 0. The lowest BCUT2D eigenvalue weighted by atomic mass is 10.2. The van der Waals surface area contributed by atoms with E-state index in [9.17, 15) is 10.4 Å². The van der Waals surface area contributed by atoms with Crippen LogP contribution in [0.15, 0.2) is 54.9 Å². The summed E-state index contributed by atoms with van der Waals surface area (Å²) in [6.07, 6.45) is 3.41. The van der Waals surface area contributed by atoms with Gasteiger partial charge in [-0.05, 0) is 31.2 Å². The first-order valence-corrected chi connectivity index (χ1v) is 8.12. The largest absolute Gasteiger partial charge is 0.394 e. The third-order valence-electron chi connectivity index (χ3n) is 3.64. The average molecular weight is 346 g/mol. The molecule has 7 nitrogen and oxygen atoms in total. The normalized spacial score (nSPS) is 11.4. The highest BCUT2D eigenvalue weighted by Crippen LogP contribution is 2.24. The SMILES string of the molecule is C[C@H](CO)Nc1nc(Nc2ccccc2C#N)cc(-c2cccnc2)n1. The third kappa shape index (κ3) is 4.12. The van der Waals surface area contributed by atoms with E-state index in [4.69, 9.17) is 0 Å². The Balaban J connectivity index is 2.01. The van der Waals surface area contributed by atoms with Crippen LogP contribution in [-0.4, -0.2) is 32.7 Å². The molecule has 130 valence electrons. The van der Waals surface area contributed by atoms with Crippen molar-refractivity contribution in [2.24, 2.45) is 0 Å². The van der Waals surface area contributed by atoms with Gasteiger partial charge in [-0.2, -0.15) is 10.2 Å². The Morgan fingerprint density at radius 1 is 1.19 bits per heavy atom. The Kier molecular flexibility index (Phi) is 5.37. The maximum atomic E-state index is 9.28. The van der Waals surface area contributed by atoms with Crippen LogP contribution < -0.4 is 10.6 Å². The van der Waals surface area contributed by atoms with Crippen molar-refractivity contribution < 1.29 is 5.11 Å². The predicted octanol–water partition coefficient (Wildman–Crippen LogP) is 2.95. The number of nitrogens with one attached hydrogen (secondary N) is 2. The second-order valence-corrected chi connectivity index (χ2v) is 5.71. The molecule has 2 heterocycles. The lowest BCUT2D eigenvalue weighted by molar-refractivity contribution is 0.281. The summed E-state index contributed by atoms with van der Waals surface area (Å²) in [6, 6.07) is 14.7. The molecule has 0 spiro atoms. The average Bonchev–Trinajstić information content (AvgIpc) is 2.69. The zero-order chi connectivity index (χ0) is 18.4. The first kappa shape index (κ1) is 17.3. The molecule has 0 saturated heterocycles. The van der Waals surface area contributed by atoms with Crippen molar-refractivity contribution in [3.63, 3.8) is 0 Å². The smallest absolute Gasteiger partial charge is 0.225 e. The van der Waals surface area contributed by atoms with Gasteiger partial charge in [0.05, 0.1) is 23.6 Å². The van der Waals surface area contributed by atoms with E-state index in [-0.39, 0.29) is 12.6 Å². The van der Waals surface area contributed by atoms with E-state index in [2.05, 4.69) is 31.7 Å². The summed E-state index contributed by atoms with van der Waals surface area (Å²) in [5.74, 6) is 0.916. The van der Waals surface area contributed by atoms with Crippen LogP contribution in [0.5, 0.6) is 0 Å². The van der Waals surface area contributed by atoms with Gasteiger partial charge in [0.25, 0.3) is 0 Å². The summed E-state index contributed by atoms with van der Waals surface area (Å²) >= 11 is 0. The van der Waals surface area contributed by atoms with Crippen molar-refractivity contribution in [2.75, 3.05) is 17.2 Å². The van der Waals surface area contributed by atoms with Crippen molar-refractivity contribution in [2.45, 2.75) is 13.0 Å². The predicted molar refractivity (Wildman–Crippen MR) is 99.9 cm³/mol. The van der Waals surface area contributed by atoms with Crippen molar-refractivity contribution in [1.82, 2.24) is 15.0 Å². The summed E-state index contributed by atoms with van der Waals surface area (Å²) in [5, 5.41) is 24.8. The Hall–Kier alpha value is -3.50. The Morgan fingerprint density at radius 3 is 2.77 bits per heavy atom. The van der Waals surface area contributed by atoms with Gasteiger partial charge in [-0.15, -0.1) is 0 Å². The van der Waals surface area contributed by atoms with E-state index in [1.165, 1.54) is 0 Å². The first-order valence-electron chi connectivity index (χ1n) is 8.12. The second kappa shape index (κ2) is 8.05. The summed E-state index contributed by atoms with van der Waals surface area (Å²) in [5.41, 5.74) is 2.70. The van der Waals surface area contributed by atoms with Gasteiger partial charge in [0.15, 0.2) is 0 Å². The van der Waals surface area contributed by atoms with Crippen molar-refractivity contribution in [1.29, 1.82) is 5.26 Å². The van der Waals surface area contributed by atoms with E-state index in [1.807, 2.05) is 31.2 Å². The molecule has 0 aliphatic carbocycles. The van der Waals surface area contributed by atoms with Crippen LogP contribution in [-0.2, 0) is 0 Å². The van der Waals surface area contributed by atoms with Crippen LogP contribution in [0.2, 0.25) is 0 Å². The maximum Gasteiger partial charge on any atom is 0.225 e. The van der Waals surface area contributed by atoms with Gasteiger partial charge >= 0.3 is 0 Å². The number of pyridine rings is 1. The second-order valence-electron chi connectivity index (χ2n) is 5.71. The molecule has 0 bridgehead atoms. The monoisotopic (exact) mass is 346 g/mol. The Morgan fingerprint density at radius 2 is 2.04 bits per heavy atom. The number of benzene rings is 1. The van der Waals surface area contributed by atoms with Gasteiger partial charge < -0.3 is 15.7 Å². The van der Waals surface area contributed by atoms with Crippen LogP contribution >= 0.6 is 0 Å². The molecule has 0 unspecified atom stereocenters. The number of hydrogen-bond acceptors (Lipinski definition) is 7. The van der Waals surface area contributed by atoms with Crippen molar-refractivity contribution in [3.05, 3.63) is 60.4 Å². The van der Waals surface area contributed by atoms with Gasteiger partial charge in [-0.25, -0.2) is 4.98 Å². The van der Waals surface area contributed by atoms with Crippen LogP contribution in [0, 0.1) is 11.3 Å². The third-order valence-corrected chi connectivity index (χ3v) is 3.64. The number of anilines is 3. The standard InChI is InChI=1S/C19H18N6O/c1-13(12-26)22-19-24-17(15-6-4-8-21-11-15)9-18(25-19)23-16-7-3-2-5-14(16)10-20/h2-9,11,13,26H,12H2,1H3,(H2,22,23,24,25)/t13-/m1/s1. The number of nitrogens with zero attached hydrogens (tertiary/aromatic N) is 4. The summed E-state index contributed by atoms with van der Waals surface area (Å²) in [6.45, 7) is 1.79. The fourth-order valence-electron chi connectivity index (χ4n) is 2.33. The minimum Gasteiger partial charge on any atom is -0.394 e. The number of aromatic nitrogens is 3. The Bertz CT molecular complexity index is 923. The van der Waals surface area contributed by atoms with Crippen molar-refractivity contribution in [3.8, 4) is 17.3 Å². The molecule has 1 aromatic carbocycles. The highest BCUT2D eigenvalue weighted by Gasteiger charge is 2.10. The van der Waals surface area contributed by atoms with Gasteiger partial charge in [0.2, 0.25) is 5.95 Å². The molecular formula is C19H18N6O. The molecular weight excluding hydrogens is 328 g/mol. The molecule has 0 aliphatic heterocycles. The van der Waals surface area contributed by atoms with Gasteiger partial charge in [0.1, 0.15) is 11.9 Å². The van der Waals surface area contributed by atoms with E-state index in [1.54, 1.807) is 30.6 Å². The number of aliphatic hydroxyl groups is 1. The molecule has 1 atom stereocenters. The van der Waals surface area contributed by atoms with E-state index >= 15 is 0 Å². The zero-order valence-electron chi connectivity index (χ0n) is 14.2. The van der Waals surface area contributed by atoms with Gasteiger partial charge in [-0.3, -0.25) is 4.98 Å². The Labute approximate surface area is 151 Å². The summed E-state index contributed by atoms with van der Waals surface area (Å²) in [7, 11) is 0. The molecule has 0 radical (unpaired) electrons. The topological polar surface area (TPSA) is 107 Å². The number of nitriles is 1. The number of para-hydroxylation sites is 1. The molecule has 0 fully saturated rings. The van der Waals surface area contributed by atoms with Crippen LogP contribution in [0.3, 0.4) is 0 Å². The van der Waals surface area contributed by atoms with Gasteiger partial charge in [-0.1, -0.05) is 12.1 Å². The van der Waals surface area contributed by atoms with Crippen LogP contribution in [0.1, 0.15) is 12.5 Å². The van der Waals surface area contributed by atoms with E-state index in [0.29, 0.717) is 28.7 Å². The van der Waals surface area contributed by atoms with Gasteiger partial charge in [0, 0.05) is 30.1 Å². The molecule has 26 heavy (non-hydrogen) atoms. The molecule has 0 saturated carbocycles. The molecule has 0 aliphatic rings. The highest BCUT2D eigenvalue weighted by molar-refractivity contribution is 5.69. The van der Waals surface area contributed by atoms with Crippen LogP contribution in [0.4, 0.5) is 17.5 Å². The lowest BCUT2D eigenvalue weighted by Gasteiger charge is -2.14. The molecule has 3 N–H and O–H groups in total. The fourth-order valence-corrected chi connectivity index (χ4v) is 2.33. The number of hydrogen-bond donors (Lipinski definition) is 3. The zero-order valence-corrected chi connectivity index (χ0v) is 14.2. The quantitative estimate of drug-likeness (QED) is 0.630. The molecule has 3 aromatic rings. The van der Waals surface area contributed by atoms with Crippen molar-refractivity contribution >= 4 is 17.5 Å². The first-order chi connectivity index (χ1) is 12.7. The van der Waals surface area contributed by atoms with Crippen LogP contribution in [0.25, 0.3) is 11.3 Å². The minimum atomic E-state index is -0.196. The molecule has 2 aromatic heterocycles. The fraction of sp³-hybridized carbons (Fsp3) is 0.158. The lowest BCUT2D eigenvalue weighted by Crippen LogP contribution is -2.21. The minimum absolute atomic E-state index is 0.0412. The molecule has 3 rings (SSSR count). The number of rotatable bonds is 6. The molecule has 7 heteroatoms. The van der Waals surface area contributed by atoms with E-state index in [0.717, 1.165) is 5.56 Å². The summed E-state index contributed by atoms with van der Waals surface area (Å²) in [4.78, 5) is 13.1. The highest BCUT2D eigenvalue weighted by atomic mass is 16.3. The molecule has 0 amide bonds. The number of aliphatic hydroxyl groups excluding tert-OH is 1. The van der Waals surface area contributed by atoms with E-state index < -0.39 is 0 Å². The maximum absolute atomic E-state index is 9.28.